The van der Waals surface area contributed by atoms with Crippen molar-refractivity contribution in [1.29, 1.82) is 0 Å². The molecule has 0 amide bonds. The highest BCUT2D eigenvalue weighted by Gasteiger charge is 2.32. The van der Waals surface area contributed by atoms with Crippen LogP contribution >= 0.6 is 0 Å². The van der Waals surface area contributed by atoms with E-state index in [0.29, 0.717) is 28.8 Å². The van der Waals surface area contributed by atoms with Gasteiger partial charge in [-0.25, -0.2) is 0 Å². The molecule has 1 aromatic carbocycles. The van der Waals surface area contributed by atoms with Crippen LogP contribution in [0.3, 0.4) is 0 Å². The van der Waals surface area contributed by atoms with Gasteiger partial charge in [-0.15, -0.1) is 4.68 Å². The van der Waals surface area contributed by atoms with Crippen molar-refractivity contribution in [3.8, 4) is 11.6 Å². The van der Waals surface area contributed by atoms with Gasteiger partial charge >= 0.3 is 11.6 Å². The molecular formula is C26H36N5O3+. The third kappa shape index (κ3) is 4.72. The highest BCUT2D eigenvalue weighted by Crippen LogP contribution is 2.44. The van der Waals surface area contributed by atoms with Crippen molar-refractivity contribution in [2.75, 3.05) is 12.8 Å². The van der Waals surface area contributed by atoms with Gasteiger partial charge in [-0.05, 0) is 58.8 Å². The van der Waals surface area contributed by atoms with Crippen LogP contribution in [0.5, 0.6) is 11.6 Å². The van der Waals surface area contributed by atoms with Gasteiger partial charge in [0.2, 0.25) is 5.78 Å². The van der Waals surface area contributed by atoms with Crippen LogP contribution in [0.4, 0.5) is 5.95 Å². The fourth-order valence-corrected chi connectivity index (χ4v) is 4.29. The molecule has 8 heteroatoms. The summed E-state index contributed by atoms with van der Waals surface area (Å²) >= 11 is 0. The fourth-order valence-electron chi connectivity index (χ4n) is 4.29. The minimum Gasteiger partial charge on any atom is -0.496 e. The third-order valence-electron chi connectivity index (χ3n) is 6.46. The summed E-state index contributed by atoms with van der Waals surface area (Å²) in [5.41, 5.74) is 9.45. The van der Waals surface area contributed by atoms with Crippen LogP contribution in [0.15, 0.2) is 24.3 Å². The second-order valence-electron chi connectivity index (χ2n) is 10.1. The lowest BCUT2D eigenvalue weighted by Crippen LogP contribution is -2.40. The van der Waals surface area contributed by atoms with Gasteiger partial charge < -0.3 is 15.2 Å². The van der Waals surface area contributed by atoms with E-state index in [0.717, 1.165) is 31.2 Å². The number of nitrogen functional groups attached to an aromatic ring is 1. The number of methoxy groups -OCH3 is 1. The number of Topliss-reactive ketones (excluding diaryl/α,β-unsaturated/α-hetero) is 1. The maximum Gasteiger partial charge on any atom is 0.355 e. The van der Waals surface area contributed by atoms with Gasteiger partial charge in [-0.1, -0.05) is 45.2 Å². The zero-order valence-corrected chi connectivity index (χ0v) is 21.1. The molecule has 2 N–H and O–H groups in total. The Hall–Kier alpha value is -3.16. The van der Waals surface area contributed by atoms with Crippen molar-refractivity contribution in [3.05, 3.63) is 41.0 Å². The Balaban J connectivity index is 1.69. The third-order valence-corrected chi connectivity index (χ3v) is 6.46. The molecule has 1 fully saturated rings. The van der Waals surface area contributed by atoms with E-state index in [4.69, 9.17) is 15.2 Å². The smallest absolute Gasteiger partial charge is 0.355 e. The maximum absolute atomic E-state index is 13.6. The number of fused-ring (bicyclic) bond motifs is 1. The molecule has 1 aliphatic carbocycles. The van der Waals surface area contributed by atoms with Gasteiger partial charge in [-0.2, -0.15) is 0 Å². The monoisotopic (exact) mass is 466 g/mol. The van der Waals surface area contributed by atoms with Crippen LogP contribution in [0.1, 0.15) is 87.7 Å². The number of aromatic nitrogens is 4. The van der Waals surface area contributed by atoms with Crippen LogP contribution in [0, 0.1) is 0 Å². The Morgan fingerprint density at radius 2 is 1.94 bits per heavy atom. The molecule has 182 valence electrons. The van der Waals surface area contributed by atoms with E-state index in [1.165, 1.54) is 10.1 Å². The summed E-state index contributed by atoms with van der Waals surface area (Å²) in [6, 6.07) is 7.83. The van der Waals surface area contributed by atoms with E-state index in [9.17, 15) is 4.79 Å². The lowest BCUT2D eigenvalue weighted by atomic mass is 9.83. The Bertz CT molecular complexity index is 1200. The number of hydrogen-bond acceptors (Lipinski definition) is 6. The quantitative estimate of drug-likeness (QED) is 0.374. The molecule has 2 aromatic heterocycles. The van der Waals surface area contributed by atoms with Crippen molar-refractivity contribution in [2.45, 2.75) is 84.3 Å². The maximum atomic E-state index is 13.6. The van der Waals surface area contributed by atoms with Gasteiger partial charge in [0.25, 0.3) is 5.88 Å². The van der Waals surface area contributed by atoms with Gasteiger partial charge in [0, 0.05) is 17.7 Å². The predicted molar refractivity (Wildman–Crippen MR) is 131 cm³/mol. The van der Waals surface area contributed by atoms with E-state index >= 15 is 0 Å². The number of ketones is 1. The first-order valence-corrected chi connectivity index (χ1v) is 12.1. The van der Waals surface area contributed by atoms with Crippen LogP contribution in [-0.2, 0) is 12.0 Å². The first-order chi connectivity index (χ1) is 16.2. The lowest BCUT2D eigenvalue weighted by molar-refractivity contribution is -0.714. The summed E-state index contributed by atoms with van der Waals surface area (Å²) < 4.78 is 14.8. The molecule has 4 rings (SSSR count). The minimum absolute atomic E-state index is 0.0309. The second kappa shape index (κ2) is 9.24. The molecule has 3 aromatic rings. The minimum atomic E-state index is -0.154. The van der Waals surface area contributed by atoms with E-state index in [-0.39, 0.29) is 29.8 Å². The average Bonchev–Trinajstić information content (AvgIpc) is 3.61. The number of carbonyl (C=O) groups is 1. The average molecular weight is 467 g/mol. The van der Waals surface area contributed by atoms with Crippen molar-refractivity contribution in [1.82, 2.24) is 14.7 Å². The molecule has 0 radical (unpaired) electrons. The van der Waals surface area contributed by atoms with Gasteiger partial charge in [-0.3, -0.25) is 4.79 Å². The van der Waals surface area contributed by atoms with Crippen molar-refractivity contribution in [3.63, 3.8) is 0 Å². The van der Waals surface area contributed by atoms with E-state index in [1.807, 2.05) is 12.1 Å². The van der Waals surface area contributed by atoms with Gasteiger partial charge in [0.15, 0.2) is 6.54 Å². The first-order valence-electron chi connectivity index (χ1n) is 12.1. The van der Waals surface area contributed by atoms with Crippen LogP contribution in [-0.4, -0.2) is 33.7 Å². The summed E-state index contributed by atoms with van der Waals surface area (Å²) in [6.45, 7) is 10.6. The molecule has 8 nitrogen and oxygen atoms in total. The Labute approximate surface area is 201 Å². The van der Waals surface area contributed by atoms with Crippen molar-refractivity contribution < 1.29 is 19.0 Å². The predicted octanol–water partition coefficient (Wildman–Crippen LogP) is 4.23. The van der Waals surface area contributed by atoms with Gasteiger partial charge in [0.05, 0.1) is 12.7 Å². The molecule has 0 unspecified atom stereocenters. The molecule has 2 heterocycles. The van der Waals surface area contributed by atoms with E-state index < -0.39 is 0 Å². The summed E-state index contributed by atoms with van der Waals surface area (Å²) in [5.74, 6) is 1.77. The zero-order chi connectivity index (χ0) is 24.6. The number of nitrogens with zero attached hydrogens (tertiary/aromatic N) is 4. The van der Waals surface area contributed by atoms with Gasteiger partial charge in [0.1, 0.15) is 11.9 Å². The second-order valence-corrected chi connectivity index (χ2v) is 10.1. The van der Waals surface area contributed by atoms with Crippen molar-refractivity contribution >= 4 is 17.4 Å². The molecule has 34 heavy (non-hydrogen) atoms. The number of benzene rings is 1. The van der Waals surface area contributed by atoms with Crippen LogP contribution < -0.4 is 19.9 Å². The standard InChI is InChI=1S/C26H36N5O3/c1-7-18(8-2)34-22-11-12-23-30(29-25(27)31(23)28-22)15-21(32)19-13-17(16-9-10-16)14-20(24(19)33-6)26(3,4)5/h11-14,16,18H,7-10,15H2,1-6H3,(H2,27,29)/q+1. The largest absolute Gasteiger partial charge is 0.496 e. The molecule has 0 atom stereocenters. The summed E-state index contributed by atoms with van der Waals surface area (Å²) in [4.78, 5) is 13.6. The lowest BCUT2D eigenvalue weighted by Gasteiger charge is -2.25. The number of anilines is 1. The highest BCUT2D eigenvalue weighted by molar-refractivity contribution is 5.98. The van der Waals surface area contributed by atoms with Crippen LogP contribution in [0.25, 0.3) is 5.65 Å². The number of ether oxygens (including phenoxy) is 2. The molecule has 0 aliphatic heterocycles. The Kier molecular flexibility index (Phi) is 6.51. The molecule has 1 saturated carbocycles. The topological polar surface area (TPSA) is 95.6 Å². The molecule has 0 bridgehead atoms. The Morgan fingerprint density at radius 1 is 1.24 bits per heavy atom. The van der Waals surface area contributed by atoms with E-state index in [1.54, 1.807) is 17.9 Å². The highest BCUT2D eigenvalue weighted by atomic mass is 16.5. The summed E-state index contributed by atoms with van der Waals surface area (Å²) in [6.07, 6.45) is 4.19. The van der Waals surface area contributed by atoms with Crippen molar-refractivity contribution in [2.24, 2.45) is 0 Å². The fraction of sp³-hybridized carbons (Fsp3) is 0.538. The van der Waals surface area contributed by atoms with E-state index in [2.05, 4.69) is 50.9 Å². The molecule has 0 saturated heterocycles. The number of hydrogen-bond donors (Lipinski definition) is 1. The van der Waals surface area contributed by atoms with Crippen LogP contribution in [0.2, 0.25) is 0 Å². The molecule has 1 aliphatic rings. The Morgan fingerprint density at radius 3 is 2.53 bits per heavy atom. The zero-order valence-electron chi connectivity index (χ0n) is 21.1. The number of rotatable bonds is 9. The normalized spacial score (nSPS) is 14.1. The summed E-state index contributed by atoms with van der Waals surface area (Å²) in [7, 11) is 1.63. The molecule has 0 spiro atoms. The number of carbonyl (C=O) groups excluding carboxylic acids is 1. The first kappa shape index (κ1) is 24.0. The summed E-state index contributed by atoms with van der Waals surface area (Å²) in [5, 5.41) is 8.88. The SMILES string of the molecule is CCC(CC)Oc1ccc2n(n1)c(N)n[n+]2CC(=O)c1cc(C2CC2)cc(C(C)(C)C)c1OC. The molecular weight excluding hydrogens is 430 g/mol. The number of nitrogens with two attached hydrogens (primary N) is 1.